The van der Waals surface area contributed by atoms with Gasteiger partial charge in [0.25, 0.3) is 0 Å². The van der Waals surface area contributed by atoms with Crippen LogP contribution in [0.5, 0.6) is 0 Å². The lowest BCUT2D eigenvalue weighted by atomic mass is 10.7. The predicted octanol–water partition coefficient (Wildman–Crippen LogP) is -1.27. The highest BCUT2D eigenvalue weighted by Gasteiger charge is 1.84. The fraction of sp³-hybridized carbons (Fsp3) is 0.750. The van der Waals surface area contributed by atoms with Gasteiger partial charge in [-0.25, -0.2) is 0 Å². The van der Waals surface area contributed by atoms with Crippen LogP contribution in [-0.4, -0.2) is 44.2 Å². The van der Waals surface area contributed by atoms with Crippen molar-refractivity contribution < 1.29 is 27.1 Å². The van der Waals surface area contributed by atoms with Gasteiger partial charge in [0.1, 0.15) is 0 Å². The van der Waals surface area contributed by atoms with E-state index in [-0.39, 0.29) is 0 Å². The molecule has 0 rings (SSSR count). The SMILES string of the molecule is COCCNC=O.O=S(=O)(O)O. The molecule has 12 heavy (non-hydrogen) atoms. The molecule has 3 N–H and O–H groups in total. The first-order valence-electron chi connectivity index (χ1n) is 2.77. The van der Waals surface area contributed by atoms with Gasteiger partial charge in [-0.1, -0.05) is 0 Å². The molecule has 0 unspecified atom stereocenters. The summed E-state index contributed by atoms with van der Waals surface area (Å²) in [6.07, 6.45) is 0.652. The van der Waals surface area contributed by atoms with Crippen LogP contribution in [0.15, 0.2) is 0 Å². The molecule has 8 heteroatoms. The van der Waals surface area contributed by atoms with E-state index >= 15 is 0 Å². The standard InChI is InChI=1S/C4H9NO2.H2O4S/c1-7-3-2-5-4-6;1-5(2,3)4/h4H,2-3H2,1H3,(H,5,6);(H2,1,2,3,4). The number of carbonyl (C=O) groups excluding carboxylic acids is 1. The Bertz CT molecular complexity index is 180. The molecule has 0 aromatic carbocycles. The first-order valence-corrected chi connectivity index (χ1v) is 4.17. The monoisotopic (exact) mass is 201 g/mol. The van der Waals surface area contributed by atoms with Crippen LogP contribution in [-0.2, 0) is 19.9 Å². The zero-order valence-electron chi connectivity index (χ0n) is 6.43. The molecule has 74 valence electrons. The Labute approximate surface area is 70.3 Å². The highest BCUT2D eigenvalue weighted by Crippen LogP contribution is 1.59. The molecule has 0 saturated heterocycles. The van der Waals surface area contributed by atoms with Crippen molar-refractivity contribution in [1.29, 1.82) is 0 Å². The van der Waals surface area contributed by atoms with Gasteiger partial charge in [0, 0.05) is 13.7 Å². The van der Waals surface area contributed by atoms with Crippen LogP contribution in [0, 0.1) is 0 Å². The Morgan fingerprint density at radius 2 is 1.92 bits per heavy atom. The molecule has 0 radical (unpaired) electrons. The van der Waals surface area contributed by atoms with Crippen molar-refractivity contribution in [3.05, 3.63) is 0 Å². The average molecular weight is 201 g/mol. The first-order chi connectivity index (χ1) is 5.41. The summed E-state index contributed by atoms with van der Waals surface area (Å²) >= 11 is 0. The van der Waals surface area contributed by atoms with Gasteiger partial charge in [0.15, 0.2) is 0 Å². The Morgan fingerprint density at radius 3 is 2.17 bits per heavy atom. The molecular formula is C4H11NO6S. The van der Waals surface area contributed by atoms with Crippen molar-refractivity contribution in [3.63, 3.8) is 0 Å². The van der Waals surface area contributed by atoms with Crippen molar-refractivity contribution >= 4 is 16.8 Å². The molecule has 0 heterocycles. The summed E-state index contributed by atoms with van der Waals surface area (Å²) in [6.45, 7) is 1.18. The van der Waals surface area contributed by atoms with E-state index in [0.29, 0.717) is 19.6 Å². The molecule has 0 aliphatic carbocycles. The van der Waals surface area contributed by atoms with Gasteiger partial charge in [-0.3, -0.25) is 13.9 Å². The fourth-order valence-corrected chi connectivity index (χ4v) is 0.220. The molecule has 0 aliphatic heterocycles. The zero-order valence-corrected chi connectivity index (χ0v) is 7.24. The van der Waals surface area contributed by atoms with Crippen LogP contribution in [0.4, 0.5) is 0 Å². The average Bonchev–Trinajstić information content (AvgIpc) is 1.85. The lowest BCUT2D eigenvalue weighted by Crippen LogP contribution is -2.16. The van der Waals surface area contributed by atoms with Crippen LogP contribution < -0.4 is 5.32 Å². The second-order valence-electron chi connectivity index (χ2n) is 1.51. The Hall–Kier alpha value is -0.700. The number of ether oxygens (including phenoxy) is 1. The summed E-state index contributed by atoms with van der Waals surface area (Å²) in [4.78, 5) is 9.51. The number of hydrogen-bond acceptors (Lipinski definition) is 4. The van der Waals surface area contributed by atoms with E-state index in [2.05, 4.69) is 10.1 Å². The Balaban J connectivity index is 0. The van der Waals surface area contributed by atoms with Gasteiger partial charge in [-0.2, -0.15) is 8.42 Å². The van der Waals surface area contributed by atoms with Gasteiger partial charge in [0.2, 0.25) is 6.41 Å². The maximum atomic E-state index is 9.51. The van der Waals surface area contributed by atoms with Gasteiger partial charge in [-0.15, -0.1) is 0 Å². The molecule has 0 spiro atoms. The van der Waals surface area contributed by atoms with Gasteiger partial charge < -0.3 is 10.1 Å². The summed E-state index contributed by atoms with van der Waals surface area (Å²) in [5, 5.41) is 2.44. The van der Waals surface area contributed by atoms with Crippen LogP contribution in [0.2, 0.25) is 0 Å². The third kappa shape index (κ3) is 58.8. The summed E-state index contributed by atoms with van der Waals surface area (Å²) in [5.74, 6) is 0. The van der Waals surface area contributed by atoms with E-state index in [1.807, 2.05) is 0 Å². The summed E-state index contributed by atoms with van der Waals surface area (Å²) in [5.41, 5.74) is 0. The predicted molar refractivity (Wildman–Crippen MR) is 40.1 cm³/mol. The van der Waals surface area contributed by atoms with E-state index in [0.717, 1.165) is 0 Å². The van der Waals surface area contributed by atoms with E-state index in [4.69, 9.17) is 17.5 Å². The van der Waals surface area contributed by atoms with Gasteiger partial charge in [0.05, 0.1) is 6.61 Å². The third-order valence-corrected chi connectivity index (χ3v) is 0.534. The lowest BCUT2D eigenvalue weighted by molar-refractivity contribution is -0.109. The second kappa shape index (κ2) is 8.40. The molecule has 0 bridgehead atoms. The van der Waals surface area contributed by atoms with E-state index in [1.54, 1.807) is 7.11 Å². The smallest absolute Gasteiger partial charge is 0.383 e. The molecule has 0 aromatic heterocycles. The highest BCUT2D eigenvalue weighted by atomic mass is 32.3. The molecule has 1 amide bonds. The van der Waals surface area contributed by atoms with Gasteiger partial charge in [-0.05, 0) is 0 Å². The first kappa shape index (κ1) is 13.9. The highest BCUT2D eigenvalue weighted by molar-refractivity contribution is 7.79. The van der Waals surface area contributed by atoms with Crippen LogP contribution in [0.3, 0.4) is 0 Å². The third-order valence-electron chi connectivity index (χ3n) is 0.534. The second-order valence-corrected chi connectivity index (χ2v) is 2.41. The molecule has 0 aliphatic rings. The largest absolute Gasteiger partial charge is 0.394 e. The number of rotatable bonds is 4. The van der Waals surface area contributed by atoms with Crippen LogP contribution >= 0.6 is 0 Å². The van der Waals surface area contributed by atoms with Crippen molar-refractivity contribution in [2.24, 2.45) is 0 Å². The summed E-state index contributed by atoms with van der Waals surface area (Å²) in [6, 6.07) is 0. The molecule has 0 fully saturated rings. The number of methoxy groups -OCH3 is 1. The Morgan fingerprint density at radius 1 is 1.50 bits per heavy atom. The quantitative estimate of drug-likeness (QED) is 0.297. The van der Waals surface area contributed by atoms with Crippen molar-refractivity contribution in [2.75, 3.05) is 20.3 Å². The Kier molecular flexibility index (Phi) is 9.70. The van der Waals surface area contributed by atoms with E-state index in [1.165, 1.54) is 0 Å². The minimum atomic E-state index is -4.67. The number of hydrogen-bond donors (Lipinski definition) is 3. The molecule has 0 atom stereocenters. The molecule has 0 aromatic rings. The topological polar surface area (TPSA) is 113 Å². The van der Waals surface area contributed by atoms with E-state index in [9.17, 15) is 4.79 Å². The number of amides is 1. The van der Waals surface area contributed by atoms with Crippen molar-refractivity contribution in [2.45, 2.75) is 0 Å². The number of carbonyl (C=O) groups is 1. The fourth-order valence-electron chi connectivity index (χ4n) is 0.220. The minimum Gasteiger partial charge on any atom is -0.383 e. The molecular weight excluding hydrogens is 190 g/mol. The zero-order chi connectivity index (χ0) is 10.0. The maximum Gasteiger partial charge on any atom is 0.394 e. The minimum absolute atomic E-state index is 0.582. The van der Waals surface area contributed by atoms with Crippen molar-refractivity contribution in [1.82, 2.24) is 5.32 Å². The van der Waals surface area contributed by atoms with E-state index < -0.39 is 10.4 Å². The molecule has 7 nitrogen and oxygen atoms in total. The van der Waals surface area contributed by atoms with Crippen molar-refractivity contribution in [3.8, 4) is 0 Å². The summed E-state index contributed by atoms with van der Waals surface area (Å²) in [7, 11) is -3.08. The lowest BCUT2D eigenvalue weighted by Gasteiger charge is -1.92. The normalized spacial score (nSPS) is 9.58. The van der Waals surface area contributed by atoms with Crippen LogP contribution in [0.1, 0.15) is 0 Å². The van der Waals surface area contributed by atoms with Crippen LogP contribution in [0.25, 0.3) is 0 Å². The maximum absolute atomic E-state index is 9.51. The van der Waals surface area contributed by atoms with Gasteiger partial charge >= 0.3 is 10.4 Å². The molecule has 0 saturated carbocycles. The number of nitrogens with one attached hydrogen (secondary N) is 1. The summed E-state index contributed by atoms with van der Waals surface area (Å²) < 4.78 is 36.2.